The SMILES string of the molecule is COC(=O)C1CNCc2nnn(C)c21. The number of hydrogen-bond donors (Lipinski definition) is 1. The van der Waals surface area contributed by atoms with Crippen LogP contribution in [0.25, 0.3) is 0 Å². The maximum Gasteiger partial charge on any atom is 0.316 e. The van der Waals surface area contributed by atoms with Crippen LogP contribution in [0.15, 0.2) is 0 Å². The van der Waals surface area contributed by atoms with E-state index in [9.17, 15) is 4.79 Å². The van der Waals surface area contributed by atoms with Gasteiger partial charge in [-0.05, 0) is 0 Å². The minimum Gasteiger partial charge on any atom is -0.468 e. The summed E-state index contributed by atoms with van der Waals surface area (Å²) in [4.78, 5) is 11.4. The van der Waals surface area contributed by atoms with E-state index >= 15 is 0 Å². The molecule has 0 aliphatic carbocycles. The number of carbonyl (C=O) groups is 1. The summed E-state index contributed by atoms with van der Waals surface area (Å²) in [5.41, 5.74) is 1.68. The number of hydrogen-bond acceptors (Lipinski definition) is 5. The lowest BCUT2D eigenvalue weighted by molar-refractivity contribution is -0.142. The highest BCUT2D eigenvalue weighted by atomic mass is 16.5. The lowest BCUT2D eigenvalue weighted by Crippen LogP contribution is -2.34. The fourth-order valence-corrected chi connectivity index (χ4v) is 1.73. The van der Waals surface area contributed by atoms with Crippen molar-refractivity contribution >= 4 is 5.97 Å². The maximum absolute atomic E-state index is 11.4. The molecule has 14 heavy (non-hydrogen) atoms. The van der Waals surface area contributed by atoms with Gasteiger partial charge in [0.15, 0.2) is 0 Å². The van der Waals surface area contributed by atoms with Gasteiger partial charge in [-0.1, -0.05) is 5.21 Å². The molecule has 0 amide bonds. The Balaban J connectivity index is 2.38. The predicted octanol–water partition coefficient (Wildman–Crippen LogP) is -0.825. The maximum atomic E-state index is 11.4. The van der Waals surface area contributed by atoms with E-state index < -0.39 is 0 Å². The van der Waals surface area contributed by atoms with Gasteiger partial charge in [0.1, 0.15) is 11.6 Å². The van der Waals surface area contributed by atoms with Crippen molar-refractivity contribution in [3.8, 4) is 0 Å². The van der Waals surface area contributed by atoms with Gasteiger partial charge in [-0.15, -0.1) is 5.10 Å². The zero-order valence-electron chi connectivity index (χ0n) is 8.15. The molecular formula is C8H12N4O2. The van der Waals surface area contributed by atoms with Crippen LogP contribution in [-0.2, 0) is 23.1 Å². The van der Waals surface area contributed by atoms with Crippen molar-refractivity contribution in [1.29, 1.82) is 0 Å². The molecule has 1 aromatic heterocycles. The van der Waals surface area contributed by atoms with Crippen LogP contribution in [0, 0.1) is 0 Å². The van der Waals surface area contributed by atoms with Crippen molar-refractivity contribution < 1.29 is 9.53 Å². The molecule has 1 aliphatic heterocycles. The van der Waals surface area contributed by atoms with Crippen molar-refractivity contribution in [2.75, 3.05) is 13.7 Å². The summed E-state index contributed by atoms with van der Waals surface area (Å²) in [6.07, 6.45) is 0. The van der Waals surface area contributed by atoms with Crippen LogP contribution in [0.4, 0.5) is 0 Å². The average Bonchev–Trinajstić information content (AvgIpc) is 2.59. The van der Waals surface area contributed by atoms with Gasteiger partial charge in [-0.3, -0.25) is 9.48 Å². The van der Waals surface area contributed by atoms with Crippen molar-refractivity contribution in [1.82, 2.24) is 20.3 Å². The topological polar surface area (TPSA) is 69.0 Å². The van der Waals surface area contributed by atoms with E-state index in [1.165, 1.54) is 7.11 Å². The third-order valence-corrected chi connectivity index (χ3v) is 2.40. The Morgan fingerprint density at radius 2 is 2.50 bits per heavy atom. The molecule has 0 bridgehead atoms. The summed E-state index contributed by atoms with van der Waals surface area (Å²) in [6.45, 7) is 1.25. The third kappa shape index (κ3) is 1.27. The Morgan fingerprint density at radius 3 is 3.21 bits per heavy atom. The summed E-state index contributed by atoms with van der Waals surface area (Å²) < 4.78 is 6.36. The number of aromatic nitrogens is 3. The minimum atomic E-state index is -0.288. The van der Waals surface area contributed by atoms with Crippen molar-refractivity contribution in [2.45, 2.75) is 12.5 Å². The van der Waals surface area contributed by atoms with E-state index in [2.05, 4.69) is 15.6 Å². The van der Waals surface area contributed by atoms with E-state index in [-0.39, 0.29) is 11.9 Å². The van der Waals surface area contributed by atoms with Crippen molar-refractivity contribution in [3.63, 3.8) is 0 Å². The van der Waals surface area contributed by atoms with Gasteiger partial charge in [0, 0.05) is 20.1 Å². The molecule has 2 heterocycles. The second-order valence-corrected chi connectivity index (χ2v) is 3.25. The molecule has 1 unspecified atom stereocenters. The number of nitrogens with zero attached hydrogens (tertiary/aromatic N) is 3. The smallest absolute Gasteiger partial charge is 0.316 e. The molecular weight excluding hydrogens is 184 g/mol. The zero-order valence-corrected chi connectivity index (χ0v) is 8.15. The first-order valence-corrected chi connectivity index (χ1v) is 4.41. The minimum absolute atomic E-state index is 0.246. The first-order chi connectivity index (χ1) is 6.74. The predicted molar refractivity (Wildman–Crippen MR) is 47.5 cm³/mol. The Morgan fingerprint density at radius 1 is 1.71 bits per heavy atom. The van der Waals surface area contributed by atoms with Gasteiger partial charge in [-0.25, -0.2) is 0 Å². The van der Waals surface area contributed by atoms with Crippen LogP contribution in [0.1, 0.15) is 17.3 Å². The van der Waals surface area contributed by atoms with E-state index in [1.54, 1.807) is 11.7 Å². The van der Waals surface area contributed by atoms with Crippen LogP contribution in [0.5, 0.6) is 0 Å². The quantitative estimate of drug-likeness (QED) is 0.594. The van der Waals surface area contributed by atoms with Gasteiger partial charge < -0.3 is 10.1 Å². The standard InChI is InChI=1S/C8H12N4O2/c1-12-7-5(8(13)14-2)3-9-4-6(7)10-11-12/h5,9H,3-4H2,1-2H3. The van der Waals surface area contributed by atoms with E-state index in [0.717, 1.165) is 11.4 Å². The number of aryl methyl sites for hydroxylation is 1. The molecule has 2 rings (SSSR count). The van der Waals surface area contributed by atoms with Crippen molar-refractivity contribution in [3.05, 3.63) is 11.4 Å². The second-order valence-electron chi connectivity index (χ2n) is 3.25. The van der Waals surface area contributed by atoms with Crippen LogP contribution >= 0.6 is 0 Å². The second kappa shape index (κ2) is 3.38. The third-order valence-electron chi connectivity index (χ3n) is 2.40. The normalized spacial score (nSPS) is 20.3. The molecule has 76 valence electrons. The van der Waals surface area contributed by atoms with E-state index in [1.807, 2.05) is 0 Å². The lowest BCUT2D eigenvalue weighted by atomic mass is 10.00. The van der Waals surface area contributed by atoms with Gasteiger partial charge >= 0.3 is 5.97 Å². The molecule has 1 N–H and O–H groups in total. The summed E-state index contributed by atoms with van der Waals surface area (Å²) in [5.74, 6) is -0.535. The number of carbonyl (C=O) groups excluding carboxylic acids is 1. The molecule has 0 radical (unpaired) electrons. The molecule has 0 spiro atoms. The Kier molecular flexibility index (Phi) is 2.20. The van der Waals surface area contributed by atoms with Gasteiger partial charge in [0.25, 0.3) is 0 Å². The molecule has 1 atom stereocenters. The Labute approximate surface area is 81.2 Å². The molecule has 1 aromatic rings. The van der Waals surface area contributed by atoms with Crippen LogP contribution < -0.4 is 5.32 Å². The van der Waals surface area contributed by atoms with Crippen LogP contribution in [-0.4, -0.2) is 34.6 Å². The van der Waals surface area contributed by atoms with Crippen molar-refractivity contribution in [2.24, 2.45) is 7.05 Å². The van der Waals surface area contributed by atoms with Gasteiger partial charge in [0.2, 0.25) is 0 Å². The van der Waals surface area contributed by atoms with Crippen LogP contribution in [0.2, 0.25) is 0 Å². The fourth-order valence-electron chi connectivity index (χ4n) is 1.73. The number of rotatable bonds is 1. The summed E-state index contributed by atoms with van der Waals surface area (Å²) in [7, 11) is 3.17. The molecule has 6 nitrogen and oxygen atoms in total. The largest absolute Gasteiger partial charge is 0.468 e. The van der Waals surface area contributed by atoms with Gasteiger partial charge in [0.05, 0.1) is 12.8 Å². The summed E-state index contributed by atoms with van der Waals surface area (Å²) in [6, 6.07) is 0. The highest BCUT2D eigenvalue weighted by Crippen LogP contribution is 2.22. The molecule has 0 saturated carbocycles. The molecule has 0 fully saturated rings. The Bertz CT molecular complexity index is 360. The fraction of sp³-hybridized carbons (Fsp3) is 0.625. The monoisotopic (exact) mass is 196 g/mol. The number of esters is 1. The lowest BCUT2D eigenvalue weighted by Gasteiger charge is -2.20. The summed E-state index contributed by atoms with van der Waals surface area (Å²) in [5, 5.41) is 11.0. The number of ether oxygens (including phenoxy) is 1. The number of methoxy groups -OCH3 is 1. The number of fused-ring (bicyclic) bond motifs is 1. The first-order valence-electron chi connectivity index (χ1n) is 4.41. The first kappa shape index (κ1) is 9.14. The highest BCUT2D eigenvalue weighted by molar-refractivity contribution is 5.78. The molecule has 0 saturated heterocycles. The number of nitrogens with one attached hydrogen (secondary N) is 1. The highest BCUT2D eigenvalue weighted by Gasteiger charge is 2.31. The zero-order chi connectivity index (χ0) is 10.1. The van der Waals surface area contributed by atoms with Gasteiger partial charge in [-0.2, -0.15) is 0 Å². The van der Waals surface area contributed by atoms with E-state index in [0.29, 0.717) is 13.1 Å². The van der Waals surface area contributed by atoms with Crippen LogP contribution in [0.3, 0.4) is 0 Å². The average molecular weight is 196 g/mol. The Hall–Kier alpha value is -1.43. The summed E-state index contributed by atoms with van der Waals surface area (Å²) >= 11 is 0. The molecule has 1 aliphatic rings. The molecule has 0 aromatic carbocycles. The van der Waals surface area contributed by atoms with E-state index in [4.69, 9.17) is 4.74 Å². The molecule has 6 heteroatoms.